The molecular weight excluding hydrogens is 316 g/mol. The van der Waals surface area contributed by atoms with Gasteiger partial charge in [-0.3, -0.25) is 0 Å². The molecule has 0 unspecified atom stereocenters. The Labute approximate surface area is 138 Å². The summed E-state index contributed by atoms with van der Waals surface area (Å²) in [5.41, 5.74) is 0.833. The lowest BCUT2D eigenvalue weighted by atomic mass is 10.2. The molecule has 0 atom stereocenters. The summed E-state index contributed by atoms with van der Waals surface area (Å²) < 4.78 is 10.7. The fourth-order valence-electron chi connectivity index (χ4n) is 2.00. The topological polar surface area (TPSA) is 62.1 Å². The van der Waals surface area contributed by atoms with Crippen LogP contribution < -0.4 is 9.47 Å². The molecule has 0 bridgehead atoms. The smallest absolute Gasteiger partial charge is 0.204 e. The van der Waals surface area contributed by atoms with Crippen LogP contribution in [0.15, 0.2) is 48.5 Å². The molecule has 0 fully saturated rings. The van der Waals surface area contributed by atoms with Crippen molar-refractivity contribution in [3.8, 4) is 22.9 Å². The Morgan fingerprint density at radius 1 is 1.09 bits per heavy atom. The molecule has 23 heavy (non-hydrogen) atoms. The van der Waals surface area contributed by atoms with E-state index in [1.165, 1.54) is 4.80 Å². The van der Waals surface area contributed by atoms with Crippen molar-refractivity contribution in [1.29, 1.82) is 0 Å². The van der Waals surface area contributed by atoms with Gasteiger partial charge in [-0.25, -0.2) is 0 Å². The Hall–Kier alpha value is -2.60. The van der Waals surface area contributed by atoms with Gasteiger partial charge in [0.15, 0.2) is 0 Å². The van der Waals surface area contributed by atoms with E-state index in [1.807, 2.05) is 36.4 Å². The molecule has 0 saturated heterocycles. The zero-order valence-corrected chi connectivity index (χ0v) is 13.3. The van der Waals surface area contributed by atoms with Gasteiger partial charge >= 0.3 is 0 Å². The summed E-state index contributed by atoms with van der Waals surface area (Å²) >= 11 is 5.96. The highest BCUT2D eigenvalue weighted by Crippen LogP contribution is 2.19. The summed E-state index contributed by atoms with van der Waals surface area (Å²) in [4.78, 5) is 1.50. The molecule has 2 aromatic carbocycles. The fraction of sp³-hybridized carbons (Fsp3) is 0.188. The number of halogens is 1. The highest BCUT2D eigenvalue weighted by Gasteiger charge is 2.06. The average molecular weight is 331 g/mol. The number of aromatic nitrogens is 4. The van der Waals surface area contributed by atoms with Crippen LogP contribution in [0.2, 0.25) is 5.02 Å². The van der Waals surface area contributed by atoms with E-state index in [4.69, 9.17) is 21.1 Å². The van der Waals surface area contributed by atoms with E-state index >= 15 is 0 Å². The lowest BCUT2D eigenvalue weighted by Gasteiger charge is -2.06. The minimum absolute atomic E-state index is 0.442. The molecule has 118 valence electrons. The van der Waals surface area contributed by atoms with Gasteiger partial charge in [0.05, 0.1) is 13.7 Å². The molecule has 0 amide bonds. The maximum Gasteiger partial charge on any atom is 0.204 e. The first-order valence-corrected chi connectivity index (χ1v) is 7.43. The lowest BCUT2D eigenvalue weighted by molar-refractivity contribution is 0.280. The van der Waals surface area contributed by atoms with Crippen LogP contribution in [0, 0.1) is 0 Å². The summed E-state index contributed by atoms with van der Waals surface area (Å²) in [6, 6.07) is 14.7. The zero-order valence-electron chi connectivity index (χ0n) is 12.5. The van der Waals surface area contributed by atoms with Crippen LogP contribution in [0.25, 0.3) is 11.4 Å². The molecule has 3 rings (SSSR count). The number of rotatable bonds is 6. The fourth-order valence-corrected chi connectivity index (χ4v) is 2.19. The first kappa shape index (κ1) is 15.3. The third kappa shape index (κ3) is 3.98. The van der Waals surface area contributed by atoms with Crippen molar-refractivity contribution in [2.45, 2.75) is 6.54 Å². The standard InChI is InChI=1S/C16H15ClN4O2/c1-22-14-5-7-15(8-6-14)23-10-9-21-19-16(18-20-21)12-3-2-4-13(17)11-12/h2-8,11H,9-10H2,1H3. The zero-order chi connectivity index (χ0) is 16.1. The predicted molar refractivity (Wildman–Crippen MR) is 86.8 cm³/mol. The van der Waals surface area contributed by atoms with Gasteiger partial charge in [-0.05, 0) is 41.6 Å². The minimum Gasteiger partial charge on any atom is -0.497 e. The van der Waals surface area contributed by atoms with Crippen LogP contribution in [0.5, 0.6) is 11.5 Å². The molecule has 0 N–H and O–H groups in total. The summed E-state index contributed by atoms with van der Waals surface area (Å²) in [5.74, 6) is 2.10. The van der Waals surface area contributed by atoms with Gasteiger partial charge < -0.3 is 9.47 Å². The highest BCUT2D eigenvalue weighted by molar-refractivity contribution is 6.30. The first-order valence-electron chi connectivity index (χ1n) is 7.05. The van der Waals surface area contributed by atoms with E-state index in [-0.39, 0.29) is 0 Å². The van der Waals surface area contributed by atoms with Gasteiger partial charge in [0, 0.05) is 10.6 Å². The Bertz CT molecular complexity index is 774. The number of ether oxygens (including phenoxy) is 2. The van der Waals surface area contributed by atoms with Crippen molar-refractivity contribution in [2.24, 2.45) is 0 Å². The molecule has 6 nitrogen and oxygen atoms in total. The Balaban J connectivity index is 1.56. The van der Waals surface area contributed by atoms with Crippen LogP contribution in [0.1, 0.15) is 0 Å². The molecular formula is C16H15ClN4O2. The summed E-state index contributed by atoms with van der Waals surface area (Å²) in [5, 5.41) is 13.0. The molecule has 0 spiro atoms. The van der Waals surface area contributed by atoms with Crippen LogP contribution >= 0.6 is 11.6 Å². The van der Waals surface area contributed by atoms with Crippen molar-refractivity contribution in [1.82, 2.24) is 20.2 Å². The molecule has 0 radical (unpaired) electrons. The van der Waals surface area contributed by atoms with Gasteiger partial charge in [-0.1, -0.05) is 23.7 Å². The van der Waals surface area contributed by atoms with Crippen LogP contribution in [-0.2, 0) is 6.54 Å². The molecule has 1 aromatic heterocycles. The normalized spacial score (nSPS) is 10.5. The minimum atomic E-state index is 0.442. The SMILES string of the molecule is COc1ccc(OCCn2nnc(-c3cccc(Cl)c3)n2)cc1. The third-order valence-corrected chi connectivity index (χ3v) is 3.39. The molecule has 0 aliphatic heterocycles. The van der Waals surface area contributed by atoms with Gasteiger partial charge in [-0.15, -0.1) is 10.2 Å². The molecule has 0 aliphatic carbocycles. The van der Waals surface area contributed by atoms with E-state index in [9.17, 15) is 0 Å². The summed E-state index contributed by atoms with van der Waals surface area (Å²) in [7, 11) is 1.63. The number of tetrazole rings is 1. The average Bonchev–Trinajstić information content (AvgIpc) is 3.04. The Kier molecular flexibility index (Phi) is 4.73. The molecule has 0 aliphatic rings. The summed E-state index contributed by atoms with van der Waals surface area (Å²) in [6.45, 7) is 0.942. The molecule has 1 heterocycles. The second kappa shape index (κ2) is 7.11. The van der Waals surface area contributed by atoms with Gasteiger partial charge in [0.2, 0.25) is 5.82 Å². The van der Waals surface area contributed by atoms with Gasteiger partial charge in [0.25, 0.3) is 0 Å². The Morgan fingerprint density at radius 2 is 1.87 bits per heavy atom. The van der Waals surface area contributed by atoms with Crippen LogP contribution in [-0.4, -0.2) is 33.9 Å². The van der Waals surface area contributed by atoms with E-state index in [0.717, 1.165) is 17.1 Å². The lowest BCUT2D eigenvalue weighted by Crippen LogP contribution is -2.11. The molecule has 3 aromatic rings. The van der Waals surface area contributed by atoms with Crippen LogP contribution in [0.3, 0.4) is 0 Å². The summed E-state index contributed by atoms with van der Waals surface area (Å²) in [6.07, 6.45) is 0. The largest absolute Gasteiger partial charge is 0.497 e. The van der Waals surface area contributed by atoms with Crippen molar-refractivity contribution in [3.05, 3.63) is 53.6 Å². The monoisotopic (exact) mass is 330 g/mol. The number of nitrogens with zero attached hydrogens (tertiary/aromatic N) is 4. The van der Waals surface area contributed by atoms with Crippen molar-refractivity contribution < 1.29 is 9.47 Å². The van der Waals surface area contributed by atoms with Gasteiger partial charge in [-0.2, -0.15) is 4.80 Å². The van der Waals surface area contributed by atoms with E-state index < -0.39 is 0 Å². The van der Waals surface area contributed by atoms with Crippen molar-refractivity contribution >= 4 is 11.6 Å². The highest BCUT2D eigenvalue weighted by atomic mass is 35.5. The van der Waals surface area contributed by atoms with E-state index in [1.54, 1.807) is 19.2 Å². The maximum absolute atomic E-state index is 5.96. The predicted octanol–water partition coefficient (Wildman–Crippen LogP) is 3.08. The van der Waals surface area contributed by atoms with Crippen molar-refractivity contribution in [2.75, 3.05) is 13.7 Å². The number of hydrogen-bond acceptors (Lipinski definition) is 5. The number of hydrogen-bond donors (Lipinski definition) is 0. The second-order valence-corrected chi connectivity index (χ2v) is 5.18. The maximum atomic E-state index is 5.96. The van der Waals surface area contributed by atoms with E-state index in [0.29, 0.717) is 24.0 Å². The first-order chi connectivity index (χ1) is 11.2. The van der Waals surface area contributed by atoms with E-state index in [2.05, 4.69) is 15.4 Å². The number of benzene rings is 2. The number of methoxy groups -OCH3 is 1. The quantitative estimate of drug-likeness (QED) is 0.695. The van der Waals surface area contributed by atoms with Gasteiger partial charge in [0.1, 0.15) is 18.1 Å². The Morgan fingerprint density at radius 3 is 2.61 bits per heavy atom. The van der Waals surface area contributed by atoms with Crippen LogP contribution in [0.4, 0.5) is 0 Å². The third-order valence-electron chi connectivity index (χ3n) is 3.16. The molecule has 0 saturated carbocycles. The second-order valence-electron chi connectivity index (χ2n) is 4.74. The van der Waals surface area contributed by atoms with Crippen molar-refractivity contribution in [3.63, 3.8) is 0 Å². The molecule has 7 heteroatoms.